The van der Waals surface area contributed by atoms with Crippen LogP contribution in [0.15, 0.2) is 60.7 Å². The summed E-state index contributed by atoms with van der Waals surface area (Å²) in [7, 11) is 1.35. The van der Waals surface area contributed by atoms with Crippen molar-refractivity contribution in [1.82, 2.24) is 0 Å². The summed E-state index contributed by atoms with van der Waals surface area (Å²) in [6, 6.07) is 17.8. The van der Waals surface area contributed by atoms with Crippen LogP contribution in [-0.4, -0.2) is 19.6 Å². The van der Waals surface area contributed by atoms with Crippen molar-refractivity contribution in [3.05, 3.63) is 88.2 Å². The first-order valence-electron chi connectivity index (χ1n) is 8.69. The number of rotatable bonds is 6. The predicted molar refractivity (Wildman–Crippen MR) is 109 cm³/mol. The van der Waals surface area contributed by atoms with Crippen LogP contribution in [0.4, 0.5) is 4.39 Å². The van der Waals surface area contributed by atoms with Crippen molar-refractivity contribution in [1.29, 1.82) is 0 Å². The molecule has 3 aromatic rings. The molecule has 6 heteroatoms. The number of hydrogen-bond acceptors (Lipinski definition) is 3. The molecule has 0 radical (unpaired) electrons. The fourth-order valence-electron chi connectivity index (χ4n) is 3.28. The zero-order chi connectivity index (χ0) is 20.3. The van der Waals surface area contributed by atoms with Crippen LogP contribution in [0.1, 0.15) is 27.4 Å². The molecule has 3 rings (SSSR count). The van der Waals surface area contributed by atoms with E-state index in [1.165, 1.54) is 19.2 Å². The van der Waals surface area contributed by atoms with E-state index in [2.05, 4.69) is 0 Å². The molecule has 0 spiro atoms. The van der Waals surface area contributed by atoms with Crippen molar-refractivity contribution in [3.63, 3.8) is 0 Å². The third-order valence-corrected chi connectivity index (χ3v) is 5.02. The standard InChI is InChI=1S/C22H20ClFN2O2/c1-28-19-10-8-15(22(26)27)20(21(19)24)16-11-14(7-9-18(16)23)17(12-25)13-5-3-2-4-6-13/h2-11,17H,12,25H2,1H3,(H2,26,27). The molecule has 0 saturated heterocycles. The van der Waals surface area contributed by atoms with Crippen molar-refractivity contribution < 1.29 is 13.9 Å². The molecule has 28 heavy (non-hydrogen) atoms. The van der Waals surface area contributed by atoms with E-state index in [0.717, 1.165) is 11.1 Å². The van der Waals surface area contributed by atoms with Crippen molar-refractivity contribution in [2.24, 2.45) is 11.5 Å². The molecule has 1 unspecified atom stereocenters. The van der Waals surface area contributed by atoms with Crippen LogP contribution < -0.4 is 16.2 Å². The predicted octanol–water partition coefficient (Wildman–Crippen LogP) is 4.34. The average Bonchev–Trinajstić information content (AvgIpc) is 2.70. The van der Waals surface area contributed by atoms with Crippen molar-refractivity contribution >= 4 is 17.5 Å². The summed E-state index contributed by atoms with van der Waals surface area (Å²) in [5, 5.41) is 0.294. The zero-order valence-corrected chi connectivity index (χ0v) is 16.0. The molecule has 0 aliphatic carbocycles. The van der Waals surface area contributed by atoms with Gasteiger partial charge in [-0.2, -0.15) is 0 Å². The second-order valence-corrected chi connectivity index (χ2v) is 6.71. The Morgan fingerprint density at radius 1 is 1.11 bits per heavy atom. The van der Waals surface area contributed by atoms with Gasteiger partial charge in [-0.05, 0) is 35.4 Å². The molecule has 0 bridgehead atoms. The molecule has 0 aliphatic rings. The summed E-state index contributed by atoms with van der Waals surface area (Å²) in [6.45, 7) is 0.356. The summed E-state index contributed by atoms with van der Waals surface area (Å²) in [5.41, 5.74) is 13.8. The fourth-order valence-corrected chi connectivity index (χ4v) is 3.50. The highest BCUT2D eigenvalue weighted by Crippen LogP contribution is 2.38. The molecule has 1 atom stereocenters. The first-order valence-corrected chi connectivity index (χ1v) is 9.06. The molecule has 0 heterocycles. The number of amides is 1. The highest BCUT2D eigenvalue weighted by atomic mass is 35.5. The number of halogens is 2. The van der Waals surface area contributed by atoms with Gasteiger partial charge in [0, 0.05) is 28.6 Å². The van der Waals surface area contributed by atoms with Gasteiger partial charge in [0.05, 0.1) is 12.7 Å². The molecule has 144 valence electrons. The highest BCUT2D eigenvalue weighted by Gasteiger charge is 2.22. The Labute approximate surface area is 167 Å². The lowest BCUT2D eigenvalue weighted by molar-refractivity contribution is 0.100. The average molecular weight is 399 g/mol. The molecular weight excluding hydrogens is 379 g/mol. The van der Waals surface area contributed by atoms with Crippen molar-refractivity contribution in [3.8, 4) is 16.9 Å². The molecular formula is C22H20ClFN2O2. The van der Waals surface area contributed by atoms with E-state index in [1.807, 2.05) is 36.4 Å². The molecule has 0 aromatic heterocycles. The van der Waals surface area contributed by atoms with Crippen LogP contribution in [0.3, 0.4) is 0 Å². The summed E-state index contributed by atoms with van der Waals surface area (Å²) in [6.07, 6.45) is 0. The Morgan fingerprint density at radius 3 is 2.43 bits per heavy atom. The van der Waals surface area contributed by atoms with Gasteiger partial charge >= 0.3 is 0 Å². The van der Waals surface area contributed by atoms with E-state index >= 15 is 4.39 Å². The maximum absolute atomic E-state index is 15.1. The van der Waals surface area contributed by atoms with Gasteiger partial charge in [-0.1, -0.05) is 48.0 Å². The van der Waals surface area contributed by atoms with Gasteiger partial charge in [-0.3, -0.25) is 4.79 Å². The second-order valence-electron chi connectivity index (χ2n) is 6.31. The van der Waals surface area contributed by atoms with Gasteiger partial charge in [0.25, 0.3) is 0 Å². The number of nitrogens with two attached hydrogens (primary N) is 2. The topological polar surface area (TPSA) is 78.3 Å². The van der Waals surface area contributed by atoms with Crippen LogP contribution >= 0.6 is 11.6 Å². The van der Waals surface area contributed by atoms with Crippen LogP contribution in [-0.2, 0) is 0 Å². The van der Waals surface area contributed by atoms with Crippen LogP contribution in [0.25, 0.3) is 11.1 Å². The summed E-state index contributed by atoms with van der Waals surface area (Å²) < 4.78 is 20.1. The lowest BCUT2D eigenvalue weighted by Crippen LogP contribution is -2.15. The van der Waals surface area contributed by atoms with Gasteiger partial charge in [-0.25, -0.2) is 4.39 Å². The molecule has 1 amide bonds. The van der Waals surface area contributed by atoms with Crippen molar-refractivity contribution in [2.45, 2.75) is 5.92 Å². The third kappa shape index (κ3) is 3.72. The molecule has 0 aliphatic heterocycles. The lowest BCUT2D eigenvalue weighted by atomic mass is 9.88. The monoisotopic (exact) mass is 398 g/mol. The lowest BCUT2D eigenvalue weighted by Gasteiger charge is -2.19. The number of benzene rings is 3. The first-order chi connectivity index (χ1) is 13.5. The summed E-state index contributed by atoms with van der Waals surface area (Å²) >= 11 is 6.38. The number of primary amides is 1. The van der Waals surface area contributed by atoms with Gasteiger partial charge in [0.2, 0.25) is 5.91 Å². The minimum atomic E-state index is -0.753. The minimum Gasteiger partial charge on any atom is -0.494 e. The second kappa shape index (κ2) is 8.42. The Morgan fingerprint density at radius 2 is 1.82 bits per heavy atom. The van der Waals surface area contributed by atoms with Gasteiger partial charge in [-0.15, -0.1) is 0 Å². The molecule has 0 saturated carbocycles. The van der Waals surface area contributed by atoms with E-state index in [0.29, 0.717) is 17.1 Å². The maximum Gasteiger partial charge on any atom is 0.249 e. The smallest absolute Gasteiger partial charge is 0.249 e. The number of methoxy groups -OCH3 is 1. The van der Waals surface area contributed by atoms with Crippen LogP contribution in [0.2, 0.25) is 5.02 Å². The van der Waals surface area contributed by atoms with E-state index in [4.69, 9.17) is 27.8 Å². The first kappa shape index (κ1) is 19.9. The Kier molecular flexibility index (Phi) is 5.97. The van der Waals surface area contributed by atoms with E-state index in [1.54, 1.807) is 12.1 Å². The normalized spacial score (nSPS) is 11.9. The molecule has 4 nitrogen and oxygen atoms in total. The number of carbonyl (C=O) groups excluding carboxylic acids is 1. The number of hydrogen-bond donors (Lipinski definition) is 2. The number of ether oxygens (including phenoxy) is 1. The summed E-state index contributed by atoms with van der Waals surface area (Å²) in [5.74, 6) is -1.55. The Bertz CT molecular complexity index is 1010. The third-order valence-electron chi connectivity index (χ3n) is 4.69. The summed E-state index contributed by atoms with van der Waals surface area (Å²) in [4.78, 5) is 11.9. The highest BCUT2D eigenvalue weighted by molar-refractivity contribution is 6.33. The quantitative estimate of drug-likeness (QED) is 0.648. The van der Waals surface area contributed by atoms with Gasteiger partial charge < -0.3 is 16.2 Å². The van der Waals surface area contributed by atoms with Gasteiger partial charge in [0.1, 0.15) is 0 Å². The van der Waals surface area contributed by atoms with E-state index in [-0.39, 0.29) is 22.8 Å². The molecule has 0 fully saturated rings. The number of carbonyl (C=O) groups is 1. The molecule has 4 N–H and O–H groups in total. The van der Waals surface area contributed by atoms with E-state index in [9.17, 15) is 4.79 Å². The van der Waals surface area contributed by atoms with Gasteiger partial charge in [0.15, 0.2) is 11.6 Å². The molecule has 3 aromatic carbocycles. The largest absolute Gasteiger partial charge is 0.494 e. The van der Waals surface area contributed by atoms with Crippen LogP contribution in [0, 0.1) is 5.82 Å². The van der Waals surface area contributed by atoms with Crippen molar-refractivity contribution in [2.75, 3.05) is 13.7 Å². The van der Waals surface area contributed by atoms with E-state index < -0.39 is 11.7 Å². The zero-order valence-electron chi connectivity index (χ0n) is 15.3. The fraction of sp³-hybridized carbons (Fsp3) is 0.136. The Balaban J connectivity index is 2.22. The Hall–Kier alpha value is -2.89. The van der Waals surface area contributed by atoms with Crippen LogP contribution in [0.5, 0.6) is 5.75 Å². The minimum absolute atomic E-state index is 0.0000889. The SMILES string of the molecule is COc1ccc(C(N)=O)c(-c2cc(C(CN)c3ccccc3)ccc2Cl)c1F. The maximum atomic E-state index is 15.1.